The Labute approximate surface area is 199 Å². The molecule has 2 aromatic heterocycles. The Morgan fingerprint density at radius 3 is 2.73 bits per heavy atom. The monoisotopic (exact) mass is 471 g/mol. The third kappa shape index (κ3) is 5.22. The molecule has 0 radical (unpaired) electrons. The third-order valence-corrected chi connectivity index (χ3v) is 5.80. The normalized spacial score (nSPS) is 15.2. The van der Waals surface area contributed by atoms with Crippen molar-refractivity contribution in [1.82, 2.24) is 14.5 Å². The molecule has 2 N–H and O–H groups in total. The summed E-state index contributed by atoms with van der Waals surface area (Å²) in [6, 6.07) is 11.8. The summed E-state index contributed by atoms with van der Waals surface area (Å²) in [5.74, 6) is 0.544. The highest BCUT2D eigenvalue weighted by atomic mass is 35.5. The van der Waals surface area contributed by atoms with Crippen molar-refractivity contribution in [2.45, 2.75) is 39.8 Å². The van der Waals surface area contributed by atoms with Crippen LogP contribution < -0.4 is 10.6 Å². The lowest BCUT2D eigenvalue weighted by atomic mass is 10.1. The Balaban J connectivity index is 0.00000306. The number of nitrogens with zero attached hydrogens (tertiary/aromatic N) is 3. The van der Waals surface area contributed by atoms with E-state index in [0.29, 0.717) is 43.4 Å². The second-order valence-electron chi connectivity index (χ2n) is 7.94. The predicted octanol–water partition coefficient (Wildman–Crippen LogP) is 4.68. The number of likely N-dealkylation sites (tertiary alicyclic amines) is 1. The van der Waals surface area contributed by atoms with Gasteiger partial charge >= 0.3 is 6.09 Å². The van der Waals surface area contributed by atoms with Gasteiger partial charge in [0.1, 0.15) is 11.5 Å². The van der Waals surface area contributed by atoms with Gasteiger partial charge in [0.15, 0.2) is 0 Å². The van der Waals surface area contributed by atoms with Crippen LogP contribution in [0.25, 0.3) is 10.9 Å². The summed E-state index contributed by atoms with van der Waals surface area (Å²) in [5.41, 5.74) is 3.46. The molecule has 0 bridgehead atoms. The van der Waals surface area contributed by atoms with E-state index < -0.39 is 0 Å². The van der Waals surface area contributed by atoms with E-state index in [0.717, 1.165) is 22.9 Å². The summed E-state index contributed by atoms with van der Waals surface area (Å²) in [4.78, 5) is 30.9. The van der Waals surface area contributed by atoms with Crippen molar-refractivity contribution in [2.24, 2.45) is 0 Å². The van der Waals surface area contributed by atoms with Crippen LogP contribution in [0.5, 0.6) is 0 Å². The number of fused-ring (bicyclic) bond motifs is 1. The first-order chi connectivity index (χ1) is 15.5. The molecule has 176 valence electrons. The minimum Gasteiger partial charge on any atom is -0.450 e. The molecule has 0 aliphatic carbocycles. The Morgan fingerprint density at radius 2 is 2.03 bits per heavy atom. The first-order valence-electron chi connectivity index (χ1n) is 11.0. The average molecular weight is 472 g/mol. The summed E-state index contributed by atoms with van der Waals surface area (Å²) < 4.78 is 7.08. The van der Waals surface area contributed by atoms with E-state index in [1.165, 1.54) is 0 Å². The van der Waals surface area contributed by atoms with Crippen molar-refractivity contribution < 1.29 is 14.3 Å². The first-order valence-corrected chi connectivity index (χ1v) is 11.0. The van der Waals surface area contributed by atoms with E-state index in [9.17, 15) is 9.59 Å². The molecule has 2 amide bonds. The SMILES string of the molecule is CCOC(=O)N1CC[C@H](Nc2ccc(NC(=O)c3cc4c(C)cccc4n3CC)cn2)C1.Cl. The Morgan fingerprint density at radius 1 is 1.21 bits per heavy atom. The first kappa shape index (κ1) is 24.4. The molecule has 1 aliphatic rings. The summed E-state index contributed by atoms with van der Waals surface area (Å²) in [5, 5.41) is 7.38. The maximum atomic E-state index is 13.0. The van der Waals surface area contributed by atoms with Gasteiger partial charge in [-0.1, -0.05) is 12.1 Å². The molecule has 1 aromatic carbocycles. The van der Waals surface area contributed by atoms with Crippen molar-refractivity contribution in [3.63, 3.8) is 0 Å². The van der Waals surface area contributed by atoms with Crippen LogP contribution in [0, 0.1) is 6.92 Å². The minimum absolute atomic E-state index is 0. The molecule has 33 heavy (non-hydrogen) atoms. The van der Waals surface area contributed by atoms with E-state index in [4.69, 9.17) is 4.74 Å². The fourth-order valence-electron chi connectivity index (χ4n) is 4.18. The number of amides is 2. The van der Waals surface area contributed by atoms with Gasteiger partial charge < -0.3 is 24.8 Å². The molecular weight excluding hydrogens is 442 g/mol. The summed E-state index contributed by atoms with van der Waals surface area (Å²) in [7, 11) is 0. The third-order valence-electron chi connectivity index (χ3n) is 5.80. The molecule has 0 spiro atoms. The highest BCUT2D eigenvalue weighted by Gasteiger charge is 2.27. The summed E-state index contributed by atoms with van der Waals surface area (Å²) in [6.07, 6.45) is 2.20. The number of ether oxygens (including phenoxy) is 1. The molecule has 1 saturated heterocycles. The zero-order valence-corrected chi connectivity index (χ0v) is 19.9. The lowest BCUT2D eigenvalue weighted by molar-refractivity contribution is 0.101. The number of aryl methyl sites for hydroxylation is 2. The Bertz CT molecular complexity index is 1130. The molecule has 0 saturated carbocycles. The van der Waals surface area contributed by atoms with Crippen molar-refractivity contribution in [1.29, 1.82) is 0 Å². The molecule has 0 unspecified atom stereocenters. The maximum absolute atomic E-state index is 13.0. The molecule has 3 heterocycles. The van der Waals surface area contributed by atoms with Gasteiger partial charge in [-0.05, 0) is 57.0 Å². The number of benzene rings is 1. The molecule has 1 atom stereocenters. The standard InChI is InChI=1S/C24H29N5O3.ClH/c1-4-29-20-8-6-7-16(3)19(20)13-21(29)23(30)27-17-9-10-22(25-14-17)26-18-11-12-28(15-18)24(31)32-5-2;/h6-10,13-14,18H,4-5,11-12,15H2,1-3H3,(H,25,26)(H,27,30);1H/t18-;/m0./s1. The molecular formula is C24H30ClN5O3. The number of anilines is 2. The number of nitrogens with one attached hydrogen (secondary N) is 2. The van der Waals surface area contributed by atoms with Crippen LogP contribution in [0.4, 0.5) is 16.3 Å². The van der Waals surface area contributed by atoms with E-state index in [1.807, 2.05) is 41.8 Å². The lowest BCUT2D eigenvalue weighted by Crippen LogP contribution is -2.32. The second-order valence-corrected chi connectivity index (χ2v) is 7.94. The number of pyridine rings is 1. The van der Waals surface area contributed by atoms with Gasteiger partial charge in [0, 0.05) is 36.6 Å². The number of aromatic nitrogens is 2. The number of rotatable bonds is 6. The van der Waals surface area contributed by atoms with Crippen LogP contribution >= 0.6 is 12.4 Å². The van der Waals surface area contributed by atoms with E-state index >= 15 is 0 Å². The average Bonchev–Trinajstić information content (AvgIpc) is 3.40. The zero-order valence-electron chi connectivity index (χ0n) is 19.1. The zero-order chi connectivity index (χ0) is 22.7. The lowest BCUT2D eigenvalue weighted by Gasteiger charge is -2.16. The topological polar surface area (TPSA) is 88.5 Å². The van der Waals surface area contributed by atoms with Crippen molar-refractivity contribution in [3.8, 4) is 0 Å². The predicted molar refractivity (Wildman–Crippen MR) is 132 cm³/mol. The van der Waals surface area contributed by atoms with Crippen LogP contribution in [-0.4, -0.2) is 52.2 Å². The van der Waals surface area contributed by atoms with Crippen molar-refractivity contribution in [3.05, 3.63) is 53.9 Å². The van der Waals surface area contributed by atoms with Gasteiger partial charge in [0.25, 0.3) is 5.91 Å². The van der Waals surface area contributed by atoms with Gasteiger partial charge in [0.2, 0.25) is 0 Å². The molecule has 4 rings (SSSR count). The second kappa shape index (κ2) is 10.6. The van der Waals surface area contributed by atoms with Gasteiger partial charge in [-0.25, -0.2) is 9.78 Å². The number of halogens is 1. The number of carbonyl (C=O) groups excluding carboxylic acids is 2. The molecule has 3 aromatic rings. The maximum Gasteiger partial charge on any atom is 0.409 e. The van der Waals surface area contributed by atoms with Crippen LogP contribution in [0.3, 0.4) is 0 Å². The Hall–Kier alpha value is -3.26. The highest BCUT2D eigenvalue weighted by molar-refractivity contribution is 6.06. The van der Waals surface area contributed by atoms with E-state index in [1.54, 1.807) is 18.0 Å². The summed E-state index contributed by atoms with van der Waals surface area (Å²) >= 11 is 0. The fraction of sp³-hybridized carbons (Fsp3) is 0.375. The number of hydrogen-bond donors (Lipinski definition) is 2. The fourth-order valence-corrected chi connectivity index (χ4v) is 4.18. The number of carbonyl (C=O) groups is 2. The Kier molecular flexibility index (Phi) is 7.81. The van der Waals surface area contributed by atoms with Gasteiger partial charge in [-0.15, -0.1) is 12.4 Å². The van der Waals surface area contributed by atoms with Gasteiger partial charge in [-0.2, -0.15) is 0 Å². The van der Waals surface area contributed by atoms with Crippen LogP contribution in [0.2, 0.25) is 0 Å². The van der Waals surface area contributed by atoms with Gasteiger partial charge in [-0.3, -0.25) is 4.79 Å². The van der Waals surface area contributed by atoms with Crippen molar-refractivity contribution in [2.75, 3.05) is 30.3 Å². The van der Waals surface area contributed by atoms with Crippen LogP contribution in [0.1, 0.15) is 36.3 Å². The quantitative estimate of drug-likeness (QED) is 0.544. The molecule has 1 fully saturated rings. The summed E-state index contributed by atoms with van der Waals surface area (Å²) in [6.45, 7) is 8.22. The molecule has 1 aliphatic heterocycles. The number of hydrogen-bond acceptors (Lipinski definition) is 5. The molecule has 8 nitrogen and oxygen atoms in total. The van der Waals surface area contributed by atoms with Crippen LogP contribution in [-0.2, 0) is 11.3 Å². The molecule has 9 heteroatoms. The highest BCUT2D eigenvalue weighted by Crippen LogP contribution is 2.24. The van der Waals surface area contributed by atoms with E-state index in [-0.39, 0.29) is 30.4 Å². The largest absolute Gasteiger partial charge is 0.450 e. The van der Waals surface area contributed by atoms with Gasteiger partial charge in [0.05, 0.1) is 18.5 Å². The van der Waals surface area contributed by atoms with Crippen LogP contribution in [0.15, 0.2) is 42.6 Å². The smallest absolute Gasteiger partial charge is 0.409 e. The van der Waals surface area contributed by atoms with Crippen molar-refractivity contribution >= 4 is 46.8 Å². The van der Waals surface area contributed by atoms with E-state index in [2.05, 4.69) is 28.6 Å². The minimum atomic E-state index is -0.275.